The zero-order valence-electron chi connectivity index (χ0n) is 11.6. The van der Waals surface area contributed by atoms with E-state index in [-0.39, 0.29) is 0 Å². The van der Waals surface area contributed by atoms with Crippen molar-refractivity contribution in [3.8, 4) is 5.75 Å². The Balaban J connectivity index is 2.15. The molecular weight excluding hydrogens is 292 g/mol. The Kier molecular flexibility index (Phi) is 4.60. The van der Waals surface area contributed by atoms with Gasteiger partial charge in [-0.05, 0) is 55.0 Å². The SMILES string of the molecule is COC(=O)c1ccc(C(=O)Oc2ccc(Cl)cc2C)cc1. The van der Waals surface area contributed by atoms with Crippen LogP contribution in [-0.4, -0.2) is 19.0 Å². The van der Waals surface area contributed by atoms with Crippen LogP contribution in [0.5, 0.6) is 5.75 Å². The Morgan fingerprint density at radius 1 is 0.952 bits per heavy atom. The fourth-order valence-electron chi connectivity index (χ4n) is 1.75. The first-order valence-electron chi connectivity index (χ1n) is 6.18. The standard InChI is InChI=1S/C16H13ClO4/c1-10-9-13(17)7-8-14(10)21-16(19)12-5-3-11(4-6-12)15(18)20-2/h3-9H,1-2H3. The van der Waals surface area contributed by atoms with Gasteiger partial charge in [0.1, 0.15) is 5.75 Å². The third kappa shape index (κ3) is 3.61. The van der Waals surface area contributed by atoms with Crippen LogP contribution < -0.4 is 4.74 Å². The van der Waals surface area contributed by atoms with E-state index < -0.39 is 11.9 Å². The summed E-state index contributed by atoms with van der Waals surface area (Å²) in [5.41, 5.74) is 1.48. The molecule has 108 valence electrons. The van der Waals surface area contributed by atoms with Gasteiger partial charge in [-0.1, -0.05) is 11.6 Å². The lowest BCUT2D eigenvalue weighted by atomic mass is 10.1. The van der Waals surface area contributed by atoms with Crippen molar-refractivity contribution in [3.05, 3.63) is 64.2 Å². The van der Waals surface area contributed by atoms with Crippen LogP contribution >= 0.6 is 11.6 Å². The highest BCUT2D eigenvalue weighted by Gasteiger charge is 2.12. The second kappa shape index (κ2) is 6.41. The molecule has 0 aromatic heterocycles. The van der Waals surface area contributed by atoms with E-state index in [4.69, 9.17) is 16.3 Å². The highest BCUT2D eigenvalue weighted by atomic mass is 35.5. The van der Waals surface area contributed by atoms with Gasteiger partial charge < -0.3 is 9.47 Å². The summed E-state index contributed by atoms with van der Waals surface area (Å²) in [7, 11) is 1.30. The molecule has 5 heteroatoms. The monoisotopic (exact) mass is 304 g/mol. The van der Waals surface area contributed by atoms with E-state index in [1.165, 1.54) is 31.4 Å². The number of hydrogen-bond donors (Lipinski definition) is 0. The first-order valence-corrected chi connectivity index (χ1v) is 6.56. The fourth-order valence-corrected chi connectivity index (χ4v) is 1.97. The third-order valence-electron chi connectivity index (χ3n) is 2.88. The Hall–Kier alpha value is -2.33. The van der Waals surface area contributed by atoms with Gasteiger partial charge in [-0.3, -0.25) is 0 Å². The van der Waals surface area contributed by atoms with E-state index in [9.17, 15) is 9.59 Å². The summed E-state index contributed by atoms with van der Waals surface area (Å²) in [6, 6.07) is 11.0. The first kappa shape index (κ1) is 15.1. The topological polar surface area (TPSA) is 52.6 Å². The number of halogens is 1. The Bertz CT molecular complexity index is 677. The van der Waals surface area contributed by atoms with Crippen molar-refractivity contribution in [2.24, 2.45) is 0 Å². The van der Waals surface area contributed by atoms with E-state index >= 15 is 0 Å². The minimum atomic E-state index is -0.503. The highest BCUT2D eigenvalue weighted by molar-refractivity contribution is 6.30. The molecule has 0 aliphatic heterocycles. The number of ether oxygens (including phenoxy) is 2. The summed E-state index contributed by atoms with van der Waals surface area (Å²) in [6.45, 7) is 1.80. The minimum absolute atomic E-state index is 0.344. The molecule has 4 nitrogen and oxygen atoms in total. The third-order valence-corrected chi connectivity index (χ3v) is 3.12. The van der Waals surface area contributed by atoms with Crippen molar-refractivity contribution < 1.29 is 19.1 Å². The molecule has 0 amide bonds. The van der Waals surface area contributed by atoms with Crippen molar-refractivity contribution in [2.45, 2.75) is 6.92 Å². The molecule has 0 N–H and O–H groups in total. The van der Waals surface area contributed by atoms with Crippen LogP contribution in [0, 0.1) is 6.92 Å². The highest BCUT2D eigenvalue weighted by Crippen LogP contribution is 2.22. The molecule has 0 radical (unpaired) electrons. The van der Waals surface area contributed by atoms with Crippen LogP contribution in [0.4, 0.5) is 0 Å². The van der Waals surface area contributed by atoms with E-state index in [2.05, 4.69) is 4.74 Å². The molecule has 0 aliphatic carbocycles. The van der Waals surface area contributed by atoms with Gasteiger partial charge in [-0.2, -0.15) is 0 Å². The molecule has 0 bridgehead atoms. The van der Waals surface area contributed by atoms with Crippen molar-refractivity contribution in [3.63, 3.8) is 0 Å². The summed E-state index contributed by atoms with van der Waals surface area (Å²) in [5.74, 6) is -0.512. The van der Waals surface area contributed by atoms with Crippen LogP contribution in [0.1, 0.15) is 26.3 Å². The lowest BCUT2D eigenvalue weighted by molar-refractivity contribution is 0.0599. The number of methoxy groups -OCH3 is 1. The average Bonchev–Trinajstić information content (AvgIpc) is 2.49. The molecule has 0 saturated carbocycles. The Morgan fingerprint density at radius 2 is 1.52 bits per heavy atom. The molecule has 2 aromatic rings. The molecule has 2 aromatic carbocycles. The number of carbonyl (C=O) groups is 2. The van der Waals surface area contributed by atoms with Crippen LogP contribution in [0.25, 0.3) is 0 Å². The van der Waals surface area contributed by atoms with Crippen molar-refractivity contribution >= 4 is 23.5 Å². The van der Waals surface area contributed by atoms with Crippen LogP contribution in [-0.2, 0) is 4.74 Å². The zero-order valence-corrected chi connectivity index (χ0v) is 12.3. The predicted molar refractivity (Wildman–Crippen MR) is 78.9 cm³/mol. The molecule has 0 spiro atoms. The second-order valence-corrected chi connectivity index (χ2v) is 4.80. The molecule has 0 heterocycles. The molecule has 0 fully saturated rings. The molecule has 2 rings (SSSR count). The Labute approximate surface area is 127 Å². The number of hydrogen-bond acceptors (Lipinski definition) is 4. The lowest BCUT2D eigenvalue weighted by Crippen LogP contribution is -2.10. The maximum atomic E-state index is 12.0. The normalized spacial score (nSPS) is 10.0. The van der Waals surface area contributed by atoms with Crippen molar-refractivity contribution in [2.75, 3.05) is 7.11 Å². The van der Waals surface area contributed by atoms with Crippen LogP contribution in [0.15, 0.2) is 42.5 Å². The number of aryl methyl sites for hydroxylation is 1. The van der Waals surface area contributed by atoms with Gasteiger partial charge in [0.25, 0.3) is 0 Å². The van der Waals surface area contributed by atoms with E-state index in [1.807, 2.05) is 0 Å². The fraction of sp³-hybridized carbons (Fsp3) is 0.125. The summed E-state index contributed by atoms with van der Waals surface area (Å²) < 4.78 is 9.89. The predicted octanol–water partition coefficient (Wildman–Crippen LogP) is 3.65. The van der Waals surface area contributed by atoms with Gasteiger partial charge in [0, 0.05) is 5.02 Å². The molecule has 21 heavy (non-hydrogen) atoms. The lowest BCUT2D eigenvalue weighted by Gasteiger charge is -2.08. The van der Waals surface area contributed by atoms with E-state index in [0.29, 0.717) is 21.9 Å². The van der Waals surface area contributed by atoms with Crippen molar-refractivity contribution in [1.29, 1.82) is 0 Å². The number of benzene rings is 2. The number of carbonyl (C=O) groups excluding carboxylic acids is 2. The number of rotatable bonds is 3. The van der Waals surface area contributed by atoms with Gasteiger partial charge in [0.2, 0.25) is 0 Å². The average molecular weight is 305 g/mol. The molecular formula is C16H13ClO4. The molecule has 0 atom stereocenters. The summed E-state index contributed by atoms with van der Waals surface area (Å²) in [6.07, 6.45) is 0. The van der Waals surface area contributed by atoms with Gasteiger partial charge in [-0.25, -0.2) is 9.59 Å². The minimum Gasteiger partial charge on any atom is -0.465 e. The van der Waals surface area contributed by atoms with Crippen LogP contribution in [0.2, 0.25) is 5.02 Å². The van der Waals surface area contributed by atoms with Gasteiger partial charge >= 0.3 is 11.9 Å². The zero-order chi connectivity index (χ0) is 15.4. The second-order valence-electron chi connectivity index (χ2n) is 4.37. The number of esters is 2. The maximum absolute atomic E-state index is 12.0. The maximum Gasteiger partial charge on any atom is 0.343 e. The van der Waals surface area contributed by atoms with E-state index in [0.717, 1.165) is 5.56 Å². The summed E-state index contributed by atoms with van der Waals surface area (Å²) in [5, 5.41) is 0.578. The van der Waals surface area contributed by atoms with Crippen LogP contribution in [0.3, 0.4) is 0 Å². The van der Waals surface area contributed by atoms with Gasteiger partial charge in [0.05, 0.1) is 18.2 Å². The Morgan fingerprint density at radius 3 is 2.05 bits per heavy atom. The molecule has 0 unspecified atom stereocenters. The molecule has 0 saturated heterocycles. The first-order chi connectivity index (χ1) is 10.0. The quantitative estimate of drug-likeness (QED) is 0.641. The summed E-state index contributed by atoms with van der Waals surface area (Å²) in [4.78, 5) is 23.3. The van der Waals surface area contributed by atoms with E-state index in [1.54, 1.807) is 25.1 Å². The van der Waals surface area contributed by atoms with Gasteiger partial charge in [0.15, 0.2) is 0 Å². The largest absolute Gasteiger partial charge is 0.465 e. The van der Waals surface area contributed by atoms with Crippen molar-refractivity contribution in [1.82, 2.24) is 0 Å². The smallest absolute Gasteiger partial charge is 0.343 e. The van der Waals surface area contributed by atoms with Gasteiger partial charge in [-0.15, -0.1) is 0 Å². The summed E-state index contributed by atoms with van der Waals surface area (Å²) >= 11 is 5.85. The molecule has 0 aliphatic rings.